The van der Waals surface area contributed by atoms with Crippen LogP contribution in [0.3, 0.4) is 0 Å². The average molecular weight is 353 g/mol. The predicted molar refractivity (Wildman–Crippen MR) is 109 cm³/mol. The highest BCUT2D eigenvalue weighted by molar-refractivity contribution is 6.25. The van der Waals surface area contributed by atoms with Crippen LogP contribution in [0.2, 0.25) is 0 Å². The van der Waals surface area contributed by atoms with E-state index in [0.29, 0.717) is 5.52 Å². The van der Waals surface area contributed by atoms with E-state index in [0.717, 1.165) is 27.3 Å². The summed E-state index contributed by atoms with van der Waals surface area (Å²) < 4.78 is 19.3. The second kappa shape index (κ2) is 4.74. The topological polar surface area (TPSA) is 8.29 Å². The van der Waals surface area contributed by atoms with Gasteiger partial charge in [0, 0.05) is 22.2 Å². The zero-order chi connectivity index (χ0) is 18.4. The lowest BCUT2D eigenvalue weighted by Crippen LogP contribution is -2.29. The van der Waals surface area contributed by atoms with E-state index >= 15 is 4.39 Å². The van der Waals surface area contributed by atoms with Crippen LogP contribution in [0.25, 0.3) is 49.0 Å². The minimum atomic E-state index is -0.179. The Morgan fingerprint density at radius 3 is 2.52 bits per heavy atom. The number of para-hydroxylation sites is 1. The molecule has 0 saturated carbocycles. The number of aryl methyl sites for hydroxylation is 3. The molecule has 0 spiro atoms. The van der Waals surface area contributed by atoms with E-state index in [-0.39, 0.29) is 5.82 Å². The van der Waals surface area contributed by atoms with Crippen LogP contribution in [-0.2, 0) is 7.05 Å². The van der Waals surface area contributed by atoms with Gasteiger partial charge in [-0.2, -0.15) is 4.57 Å². The summed E-state index contributed by atoms with van der Waals surface area (Å²) in [6.45, 7) is 4.36. The summed E-state index contributed by atoms with van der Waals surface area (Å²) in [5.41, 5.74) is 6.55. The molecule has 0 bridgehead atoms. The molecular formula is C24H18FN2+. The Morgan fingerprint density at radius 1 is 0.889 bits per heavy atom. The van der Waals surface area contributed by atoms with Crippen LogP contribution in [0.15, 0.2) is 54.7 Å². The van der Waals surface area contributed by atoms with Crippen LogP contribution in [0.4, 0.5) is 4.39 Å². The number of hydrogen-bond acceptors (Lipinski definition) is 0. The molecule has 0 radical (unpaired) electrons. The van der Waals surface area contributed by atoms with Gasteiger partial charge in [-0.1, -0.05) is 30.3 Å². The summed E-state index contributed by atoms with van der Waals surface area (Å²) in [6.07, 6.45) is 2.09. The van der Waals surface area contributed by atoms with Crippen molar-refractivity contribution in [1.82, 2.24) is 4.40 Å². The summed E-state index contributed by atoms with van der Waals surface area (Å²) >= 11 is 0. The SMILES string of the molecule is Cc1cc2cccc3c2c(c1C)c1c2c(cc[n+]1C)c1cccc(F)c1n32. The van der Waals surface area contributed by atoms with E-state index < -0.39 is 0 Å². The molecule has 3 aromatic carbocycles. The lowest BCUT2D eigenvalue weighted by atomic mass is 9.94. The molecule has 130 valence electrons. The fourth-order valence-electron chi connectivity index (χ4n) is 4.84. The van der Waals surface area contributed by atoms with Gasteiger partial charge < -0.3 is 4.40 Å². The Labute approximate surface area is 155 Å². The van der Waals surface area contributed by atoms with E-state index in [1.807, 2.05) is 6.07 Å². The first-order chi connectivity index (χ1) is 13.1. The van der Waals surface area contributed by atoms with Crippen LogP contribution in [0, 0.1) is 19.7 Å². The molecule has 0 amide bonds. The fourth-order valence-corrected chi connectivity index (χ4v) is 4.84. The standard InChI is InChI=1S/C24H18FN2/c1-13-12-15-6-4-9-19-21(15)20(14(13)2)24-23-17(10-11-26(24)3)16-7-5-8-18(25)22(16)27(19)23/h4-12H,1-3H3/q+1. The van der Waals surface area contributed by atoms with Crippen molar-refractivity contribution >= 4 is 49.0 Å². The van der Waals surface area contributed by atoms with E-state index in [4.69, 9.17) is 0 Å². The summed E-state index contributed by atoms with van der Waals surface area (Å²) in [5.74, 6) is -0.179. The van der Waals surface area contributed by atoms with Gasteiger partial charge >= 0.3 is 0 Å². The smallest absolute Gasteiger partial charge is 0.238 e. The summed E-state index contributed by atoms with van der Waals surface area (Å²) in [6, 6.07) is 16.1. The van der Waals surface area contributed by atoms with E-state index in [1.165, 1.54) is 27.3 Å². The van der Waals surface area contributed by atoms with E-state index in [2.05, 4.69) is 66.4 Å². The summed E-state index contributed by atoms with van der Waals surface area (Å²) in [7, 11) is 2.08. The zero-order valence-electron chi connectivity index (χ0n) is 15.5. The van der Waals surface area contributed by atoms with E-state index in [1.54, 1.807) is 12.1 Å². The van der Waals surface area contributed by atoms with Crippen LogP contribution < -0.4 is 4.57 Å². The highest BCUT2D eigenvalue weighted by Gasteiger charge is 2.25. The summed E-state index contributed by atoms with van der Waals surface area (Å²) in [5, 5.41) is 5.74. The van der Waals surface area contributed by atoms with Gasteiger partial charge in [-0.3, -0.25) is 0 Å². The Hall–Kier alpha value is -3.20. The maximum atomic E-state index is 15.0. The number of fused-ring (bicyclic) bond motifs is 5. The molecule has 0 fully saturated rings. The molecule has 3 aromatic heterocycles. The third kappa shape index (κ3) is 1.63. The lowest BCUT2D eigenvalue weighted by molar-refractivity contribution is -0.644. The molecule has 27 heavy (non-hydrogen) atoms. The molecule has 0 N–H and O–H groups in total. The lowest BCUT2D eigenvalue weighted by Gasteiger charge is -2.14. The Balaban J connectivity index is 2.17. The largest absolute Gasteiger partial charge is 0.300 e. The minimum absolute atomic E-state index is 0.179. The van der Waals surface area contributed by atoms with Gasteiger partial charge in [0.25, 0.3) is 0 Å². The van der Waals surface area contributed by atoms with Gasteiger partial charge in [-0.25, -0.2) is 4.39 Å². The zero-order valence-corrected chi connectivity index (χ0v) is 15.5. The highest BCUT2D eigenvalue weighted by Crippen LogP contribution is 2.41. The first-order valence-corrected chi connectivity index (χ1v) is 9.23. The normalized spacial score (nSPS) is 12.4. The van der Waals surface area contributed by atoms with Gasteiger partial charge in [-0.15, -0.1) is 0 Å². The third-order valence-corrected chi connectivity index (χ3v) is 6.16. The van der Waals surface area contributed by atoms with Crippen LogP contribution in [0.1, 0.15) is 11.1 Å². The first kappa shape index (κ1) is 14.9. The molecule has 3 heteroatoms. The fraction of sp³-hybridized carbons (Fsp3) is 0.125. The van der Waals surface area contributed by atoms with Gasteiger partial charge in [-0.05, 0) is 42.5 Å². The average Bonchev–Trinajstić information content (AvgIpc) is 3.00. The molecular weight excluding hydrogens is 335 g/mol. The van der Waals surface area contributed by atoms with Crippen molar-refractivity contribution < 1.29 is 8.96 Å². The maximum Gasteiger partial charge on any atom is 0.238 e. The number of halogens is 1. The van der Waals surface area contributed by atoms with Gasteiger partial charge in [0.15, 0.2) is 6.20 Å². The number of pyridine rings is 2. The number of aromatic nitrogens is 2. The van der Waals surface area contributed by atoms with Crippen molar-refractivity contribution in [3.05, 3.63) is 71.7 Å². The van der Waals surface area contributed by atoms with Crippen molar-refractivity contribution in [3.8, 4) is 0 Å². The predicted octanol–water partition coefficient (Wildman–Crippen LogP) is 5.57. The Morgan fingerprint density at radius 2 is 1.67 bits per heavy atom. The minimum Gasteiger partial charge on any atom is -0.300 e. The van der Waals surface area contributed by atoms with Crippen molar-refractivity contribution in [2.75, 3.05) is 0 Å². The monoisotopic (exact) mass is 353 g/mol. The molecule has 0 saturated heterocycles. The third-order valence-electron chi connectivity index (χ3n) is 6.16. The molecule has 0 aliphatic rings. The molecule has 6 aromatic rings. The molecule has 0 aliphatic heterocycles. The number of rotatable bonds is 0. The first-order valence-electron chi connectivity index (χ1n) is 9.23. The molecule has 2 nitrogen and oxygen atoms in total. The number of hydrogen-bond donors (Lipinski definition) is 0. The van der Waals surface area contributed by atoms with Crippen LogP contribution in [-0.4, -0.2) is 4.40 Å². The van der Waals surface area contributed by atoms with Gasteiger partial charge in [0.05, 0.1) is 16.4 Å². The van der Waals surface area contributed by atoms with Gasteiger partial charge in [0.1, 0.15) is 18.4 Å². The highest BCUT2D eigenvalue weighted by atomic mass is 19.1. The molecule has 0 atom stereocenters. The Kier molecular flexibility index (Phi) is 2.62. The molecule has 0 aliphatic carbocycles. The Bertz CT molecular complexity index is 1560. The number of nitrogens with zero attached hydrogens (tertiary/aromatic N) is 2. The van der Waals surface area contributed by atoms with Crippen molar-refractivity contribution in [1.29, 1.82) is 0 Å². The van der Waals surface area contributed by atoms with Crippen LogP contribution >= 0.6 is 0 Å². The molecule has 0 unspecified atom stereocenters. The quantitative estimate of drug-likeness (QED) is 0.192. The van der Waals surface area contributed by atoms with Crippen molar-refractivity contribution in [2.24, 2.45) is 7.05 Å². The van der Waals surface area contributed by atoms with Gasteiger partial charge in [0.2, 0.25) is 5.52 Å². The summed E-state index contributed by atoms with van der Waals surface area (Å²) in [4.78, 5) is 0. The second-order valence-corrected chi connectivity index (χ2v) is 7.58. The van der Waals surface area contributed by atoms with Crippen LogP contribution in [0.5, 0.6) is 0 Å². The van der Waals surface area contributed by atoms with E-state index in [9.17, 15) is 0 Å². The maximum absolute atomic E-state index is 15.0. The van der Waals surface area contributed by atoms with Crippen molar-refractivity contribution in [3.63, 3.8) is 0 Å². The number of benzene rings is 3. The second-order valence-electron chi connectivity index (χ2n) is 7.58. The molecule has 3 heterocycles. The van der Waals surface area contributed by atoms with Crippen molar-refractivity contribution in [2.45, 2.75) is 13.8 Å². The molecule has 6 rings (SSSR count).